The normalized spacial score (nSPS) is 13.9. The van der Waals surface area contributed by atoms with Gasteiger partial charge in [-0.25, -0.2) is 0 Å². The predicted octanol–water partition coefficient (Wildman–Crippen LogP) is 3.42. The van der Waals surface area contributed by atoms with E-state index in [1.807, 2.05) is 0 Å². The third-order valence-electron chi connectivity index (χ3n) is 2.62. The van der Waals surface area contributed by atoms with E-state index in [9.17, 15) is 49.1 Å². The van der Waals surface area contributed by atoms with Crippen molar-refractivity contribution in [2.75, 3.05) is 0 Å². The molecule has 0 N–H and O–H groups in total. The molecule has 0 amide bonds. The van der Waals surface area contributed by atoms with Crippen molar-refractivity contribution in [3.63, 3.8) is 0 Å². The second-order valence-corrected chi connectivity index (χ2v) is 9.80. The average molecular weight is 479 g/mol. The first-order valence-corrected chi connectivity index (χ1v) is 9.98. The summed E-state index contributed by atoms with van der Waals surface area (Å²) in [7, 11) is 0. The van der Waals surface area contributed by atoms with Crippen molar-refractivity contribution in [1.29, 1.82) is 0 Å². The molecular formula is C13H9F9O4Se. The summed E-state index contributed by atoms with van der Waals surface area (Å²) >= 11 is -6.18. The van der Waals surface area contributed by atoms with Gasteiger partial charge in [-0.05, 0) is 0 Å². The Kier molecular flexibility index (Phi) is 6.48. The van der Waals surface area contributed by atoms with Gasteiger partial charge in [0, 0.05) is 0 Å². The van der Waals surface area contributed by atoms with Crippen LogP contribution in [0.15, 0.2) is 24.3 Å². The summed E-state index contributed by atoms with van der Waals surface area (Å²) in [6.07, 6.45) is -17.1. The second kappa shape index (κ2) is 7.58. The van der Waals surface area contributed by atoms with Crippen molar-refractivity contribution in [3.05, 3.63) is 29.8 Å². The number of hydrogen-bond acceptors (Lipinski definition) is 4. The Hall–Kier alpha value is -1.95. The number of carbonyl (C=O) groups is 2. The molecule has 1 aromatic rings. The van der Waals surface area contributed by atoms with Gasteiger partial charge in [-0.2, -0.15) is 0 Å². The summed E-state index contributed by atoms with van der Waals surface area (Å²) in [4.78, 5) is 22.2. The number of halogens is 9. The maximum atomic E-state index is 12.9. The van der Waals surface area contributed by atoms with Crippen LogP contribution in [0.1, 0.15) is 5.56 Å². The summed E-state index contributed by atoms with van der Waals surface area (Å²) in [6.45, 7) is 1.42. The van der Waals surface area contributed by atoms with Crippen LogP contribution in [0.25, 0.3) is 0 Å². The molecule has 0 aliphatic rings. The van der Waals surface area contributed by atoms with E-state index in [-0.39, 0.29) is 0 Å². The fraction of sp³-hybridized carbons (Fsp3) is 0.385. The van der Waals surface area contributed by atoms with E-state index in [4.69, 9.17) is 0 Å². The Labute approximate surface area is 148 Å². The molecule has 1 rings (SSSR count). The van der Waals surface area contributed by atoms with E-state index in [1.165, 1.54) is 6.92 Å². The fourth-order valence-corrected chi connectivity index (χ4v) is 6.11. The van der Waals surface area contributed by atoms with E-state index in [2.05, 4.69) is 7.64 Å². The summed E-state index contributed by atoms with van der Waals surface area (Å²) in [5.41, 5.74) is 0.376. The quantitative estimate of drug-likeness (QED) is 0.491. The van der Waals surface area contributed by atoms with Crippen LogP contribution >= 0.6 is 0 Å². The topological polar surface area (TPSA) is 52.6 Å². The Bertz CT molecular complexity index is 664. The molecule has 0 radical (unpaired) electrons. The molecule has 4 nitrogen and oxygen atoms in total. The molecule has 1 aromatic carbocycles. The number of alkyl halides is 9. The minimum absolute atomic E-state index is 0.376. The van der Waals surface area contributed by atoms with Crippen LogP contribution in [0.4, 0.5) is 39.5 Å². The number of benzene rings is 1. The van der Waals surface area contributed by atoms with Gasteiger partial charge in [0.1, 0.15) is 0 Å². The molecule has 0 bridgehead atoms. The molecule has 27 heavy (non-hydrogen) atoms. The molecule has 0 saturated carbocycles. The Morgan fingerprint density at radius 2 is 1.19 bits per heavy atom. The van der Waals surface area contributed by atoms with E-state index < -0.39 is 53.8 Å². The molecule has 0 aromatic heterocycles. The Balaban J connectivity index is 3.57. The van der Waals surface area contributed by atoms with Gasteiger partial charge >= 0.3 is 147 Å². The van der Waals surface area contributed by atoms with Crippen molar-refractivity contribution in [2.24, 2.45) is 0 Å². The van der Waals surface area contributed by atoms with Crippen LogP contribution in [-0.4, -0.2) is 44.0 Å². The molecule has 0 aliphatic heterocycles. The van der Waals surface area contributed by atoms with E-state index >= 15 is 0 Å². The fourth-order valence-electron chi connectivity index (χ4n) is 1.56. The zero-order valence-electron chi connectivity index (χ0n) is 13.0. The number of hydrogen-bond donors (Lipinski definition) is 0. The van der Waals surface area contributed by atoms with Gasteiger partial charge in [-0.3, -0.25) is 0 Å². The Morgan fingerprint density at radius 3 is 1.48 bits per heavy atom. The van der Waals surface area contributed by atoms with Crippen LogP contribution in [0, 0.1) is 6.92 Å². The van der Waals surface area contributed by atoms with Crippen LogP contribution < -0.4 is 4.46 Å². The molecule has 0 atom stereocenters. The van der Waals surface area contributed by atoms with Crippen LogP contribution in [0.5, 0.6) is 0 Å². The van der Waals surface area contributed by atoms with Crippen molar-refractivity contribution < 1.29 is 56.7 Å². The first-order chi connectivity index (χ1) is 12.0. The predicted molar refractivity (Wildman–Crippen MR) is 71.7 cm³/mol. The number of carbonyl (C=O) groups excluding carboxylic acids is 2. The third kappa shape index (κ3) is 6.61. The van der Waals surface area contributed by atoms with Gasteiger partial charge < -0.3 is 0 Å². The first kappa shape index (κ1) is 23.1. The van der Waals surface area contributed by atoms with Gasteiger partial charge in [0.25, 0.3) is 0 Å². The monoisotopic (exact) mass is 480 g/mol. The average Bonchev–Trinajstić information content (AvgIpc) is 2.43. The number of rotatable bonds is 4. The van der Waals surface area contributed by atoms with Crippen molar-refractivity contribution >= 4 is 29.9 Å². The molecule has 0 heterocycles. The minimum atomic E-state index is -6.18. The van der Waals surface area contributed by atoms with E-state index in [0.717, 1.165) is 12.1 Å². The van der Waals surface area contributed by atoms with Crippen LogP contribution in [-0.2, 0) is 17.2 Å². The number of aryl methyl sites for hydroxylation is 1. The zero-order valence-corrected chi connectivity index (χ0v) is 14.7. The van der Waals surface area contributed by atoms with Gasteiger partial charge in [-0.1, -0.05) is 0 Å². The third-order valence-corrected chi connectivity index (χ3v) is 7.94. The summed E-state index contributed by atoms with van der Waals surface area (Å²) in [5.74, 6) is -6.41. The SMILES string of the molecule is Cc1ccc([Se](CC(F)(F)F)(OC(=O)C(F)(F)F)OC(=O)C(F)(F)F)cc1. The maximum absolute atomic E-state index is 12.9. The Morgan fingerprint density at radius 1 is 0.815 bits per heavy atom. The van der Waals surface area contributed by atoms with Crippen molar-refractivity contribution in [3.8, 4) is 0 Å². The summed E-state index contributed by atoms with van der Waals surface area (Å²) in [5, 5.41) is -2.49. The van der Waals surface area contributed by atoms with Crippen molar-refractivity contribution in [1.82, 2.24) is 0 Å². The molecule has 0 unspecified atom stereocenters. The first-order valence-electron chi connectivity index (χ1n) is 6.52. The standard InChI is InChI=1S/C13H9F9O4Se/c1-7-2-4-8(5-3-7)27(6-11(14,15)16,25-9(23)12(17,18)19)26-10(24)13(20,21)22/h2-5H,6H2,1H3. The zero-order chi connectivity index (χ0) is 21.3. The molecule has 0 fully saturated rings. The molecule has 0 saturated heterocycles. The van der Waals surface area contributed by atoms with Crippen LogP contribution in [0.2, 0.25) is 5.32 Å². The van der Waals surface area contributed by atoms with Gasteiger partial charge in [0.05, 0.1) is 0 Å². The molecule has 0 aliphatic carbocycles. The molecular weight excluding hydrogens is 470 g/mol. The van der Waals surface area contributed by atoms with Gasteiger partial charge in [0.15, 0.2) is 0 Å². The van der Waals surface area contributed by atoms with Gasteiger partial charge in [-0.15, -0.1) is 0 Å². The van der Waals surface area contributed by atoms with Crippen LogP contribution in [0.3, 0.4) is 0 Å². The van der Waals surface area contributed by atoms with E-state index in [0.29, 0.717) is 17.7 Å². The van der Waals surface area contributed by atoms with Crippen molar-refractivity contribution in [2.45, 2.75) is 30.8 Å². The summed E-state index contributed by atoms with van der Waals surface area (Å²) in [6, 6.07) is 3.49. The van der Waals surface area contributed by atoms with E-state index in [1.54, 1.807) is 0 Å². The molecule has 14 heteroatoms. The van der Waals surface area contributed by atoms with Gasteiger partial charge in [0.2, 0.25) is 0 Å². The summed E-state index contributed by atoms with van der Waals surface area (Å²) < 4.78 is 120. The second-order valence-electron chi connectivity index (χ2n) is 4.92. The molecule has 0 spiro atoms. The molecule has 154 valence electrons.